The Morgan fingerprint density at radius 3 is 2.44 bits per heavy atom. The number of imidazole rings is 1. The molecule has 1 N–H and O–H groups in total. The van der Waals surface area contributed by atoms with Crippen molar-refractivity contribution in [3.8, 4) is 28.5 Å². The molecule has 0 spiro atoms. The fraction of sp³-hybridized carbons (Fsp3) is 0.300. The van der Waals surface area contributed by atoms with Gasteiger partial charge < -0.3 is 15.1 Å². The molecule has 1 aromatic carbocycles. The molecule has 41 heavy (non-hydrogen) atoms. The van der Waals surface area contributed by atoms with Crippen LogP contribution in [-0.4, -0.2) is 56.6 Å². The maximum atomic E-state index is 13.5. The number of rotatable bonds is 8. The van der Waals surface area contributed by atoms with Crippen molar-refractivity contribution >= 4 is 33.9 Å². The minimum Gasteiger partial charge on any atom is -0.338 e. The van der Waals surface area contributed by atoms with E-state index in [9.17, 15) is 9.65 Å². The van der Waals surface area contributed by atoms with Crippen molar-refractivity contribution in [2.24, 2.45) is 0 Å². The highest BCUT2D eigenvalue weighted by Crippen LogP contribution is 2.37. The van der Waals surface area contributed by atoms with Crippen molar-refractivity contribution in [1.82, 2.24) is 29.7 Å². The van der Waals surface area contributed by atoms with E-state index in [1.807, 2.05) is 42.7 Å². The number of hydrogen-bond acceptors (Lipinski definition) is 9. The van der Waals surface area contributed by atoms with E-state index in [0.29, 0.717) is 33.3 Å². The molecule has 2 aliphatic rings. The van der Waals surface area contributed by atoms with E-state index in [1.54, 1.807) is 12.1 Å². The maximum Gasteiger partial charge on any atom is 0.225 e. The van der Waals surface area contributed by atoms with Crippen LogP contribution in [-0.2, 0) is 6.42 Å². The quantitative estimate of drug-likeness (QED) is 0.274. The number of aromatic nitrogens is 5. The van der Waals surface area contributed by atoms with Gasteiger partial charge in [-0.3, -0.25) is 4.40 Å². The molecule has 0 bridgehead atoms. The van der Waals surface area contributed by atoms with E-state index in [-0.39, 0.29) is 5.82 Å². The Balaban J connectivity index is 1.18. The fourth-order valence-electron chi connectivity index (χ4n) is 5.23. The van der Waals surface area contributed by atoms with Gasteiger partial charge in [0.15, 0.2) is 5.13 Å². The second-order valence-corrected chi connectivity index (χ2v) is 11.5. The molecule has 9 nitrogen and oxygen atoms in total. The van der Waals surface area contributed by atoms with Gasteiger partial charge in [-0.1, -0.05) is 18.3 Å². The Morgan fingerprint density at radius 1 is 1.02 bits per heavy atom. The van der Waals surface area contributed by atoms with Crippen molar-refractivity contribution in [1.29, 1.82) is 5.26 Å². The normalized spacial score (nSPS) is 15.2. The molecule has 0 unspecified atom stereocenters. The molecule has 1 aliphatic carbocycles. The highest BCUT2D eigenvalue weighted by Gasteiger charge is 2.33. The van der Waals surface area contributed by atoms with Gasteiger partial charge in [-0.25, -0.2) is 24.3 Å². The Hall–Kier alpha value is -4.40. The smallest absolute Gasteiger partial charge is 0.225 e. The number of thiazole rings is 1. The molecule has 1 aliphatic heterocycles. The van der Waals surface area contributed by atoms with Gasteiger partial charge >= 0.3 is 0 Å². The first-order valence-electron chi connectivity index (χ1n) is 13.8. The third-order valence-corrected chi connectivity index (χ3v) is 8.66. The monoisotopic (exact) mass is 565 g/mol. The predicted molar refractivity (Wildman–Crippen MR) is 158 cm³/mol. The summed E-state index contributed by atoms with van der Waals surface area (Å²) in [4.78, 5) is 23.6. The molecule has 206 valence electrons. The Morgan fingerprint density at radius 2 is 1.76 bits per heavy atom. The summed E-state index contributed by atoms with van der Waals surface area (Å²) in [7, 11) is 1.93. The molecule has 4 aromatic heterocycles. The highest BCUT2D eigenvalue weighted by molar-refractivity contribution is 7.16. The molecule has 1 saturated heterocycles. The number of nitriles is 1. The van der Waals surface area contributed by atoms with E-state index in [4.69, 9.17) is 9.97 Å². The topological polar surface area (TPSA) is 98.3 Å². The average molecular weight is 566 g/mol. The van der Waals surface area contributed by atoms with Crippen molar-refractivity contribution in [3.05, 3.63) is 71.4 Å². The first-order chi connectivity index (χ1) is 20.0. The maximum absolute atomic E-state index is 13.5. The zero-order valence-electron chi connectivity index (χ0n) is 22.8. The number of benzene rings is 1. The van der Waals surface area contributed by atoms with Crippen molar-refractivity contribution in [2.75, 3.05) is 29.9 Å². The number of pyridine rings is 1. The summed E-state index contributed by atoms with van der Waals surface area (Å²) in [6, 6.07) is 13.6. The molecule has 1 saturated carbocycles. The Bertz CT molecular complexity index is 1760. The van der Waals surface area contributed by atoms with E-state index in [1.165, 1.54) is 36.3 Å². The Kier molecular flexibility index (Phi) is 6.37. The largest absolute Gasteiger partial charge is 0.338 e. The second-order valence-electron chi connectivity index (χ2n) is 10.5. The van der Waals surface area contributed by atoms with Gasteiger partial charge in [-0.05, 0) is 55.7 Å². The van der Waals surface area contributed by atoms with Crippen LogP contribution < -0.4 is 15.1 Å². The van der Waals surface area contributed by atoms with Gasteiger partial charge in [-0.2, -0.15) is 5.26 Å². The molecule has 5 heterocycles. The second kappa shape index (κ2) is 10.2. The molecule has 0 radical (unpaired) electrons. The van der Waals surface area contributed by atoms with Crippen LogP contribution in [0.1, 0.15) is 30.3 Å². The summed E-state index contributed by atoms with van der Waals surface area (Å²) < 4.78 is 15.6. The van der Waals surface area contributed by atoms with Crippen LogP contribution in [0, 0.1) is 17.1 Å². The molecule has 0 atom stereocenters. The number of nitrogens with one attached hydrogen (secondary N) is 1. The Labute approximate surface area is 241 Å². The molecular formula is C30H28FN9S. The van der Waals surface area contributed by atoms with Crippen LogP contribution in [0.15, 0.2) is 55.0 Å². The lowest BCUT2D eigenvalue weighted by Gasteiger charge is -2.39. The highest BCUT2D eigenvalue weighted by atomic mass is 32.1. The summed E-state index contributed by atoms with van der Waals surface area (Å²) in [5.41, 5.74) is 4.87. The summed E-state index contributed by atoms with van der Waals surface area (Å²) in [6.45, 7) is 3.96. The SMILES string of the molecule is CCc1nc2ccc(-c3cnc(N4CC(NC5CC5)C4)nc3)cn2c1N(C)c1nc(-c2ccc(F)cc2)c(C#N)s1. The van der Waals surface area contributed by atoms with E-state index >= 15 is 0 Å². The minimum absolute atomic E-state index is 0.329. The van der Waals surface area contributed by atoms with Crippen molar-refractivity contribution < 1.29 is 4.39 Å². The van der Waals surface area contributed by atoms with E-state index in [0.717, 1.165) is 53.7 Å². The molecule has 0 amide bonds. The summed E-state index contributed by atoms with van der Waals surface area (Å²) in [6.07, 6.45) is 9.11. The average Bonchev–Trinajstić information content (AvgIpc) is 3.57. The van der Waals surface area contributed by atoms with Gasteiger partial charge in [0, 0.05) is 67.5 Å². The van der Waals surface area contributed by atoms with Crippen LogP contribution in [0.2, 0.25) is 0 Å². The van der Waals surface area contributed by atoms with Crippen molar-refractivity contribution in [3.63, 3.8) is 0 Å². The molecule has 2 fully saturated rings. The van der Waals surface area contributed by atoms with Gasteiger partial charge in [0.05, 0.1) is 5.69 Å². The predicted octanol–water partition coefficient (Wildman–Crippen LogP) is 5.20. The zero-order chi connectivity index (χ0) is 28.1. The van der Waals surface area contributed by atoms with Gasteiger partial charge in [0.1, 0.15) is 33.9 Å². The molecule has 5 aromatic rings. The standard InChI is InChI=1S/C30H28FN9S/c1-3-24-28(38(2)30-37-27(25(12-32)41-30)18-4-7-21(31)8-5-18)40-15-19(6-11-26(40)36-24)20-13-33-29(34-14-20)39-16-23(17-39)35-22-9-10-22/h4-8,11,13-15,22-23,35H,3,9-10,16-17H2,1-2H3. The molecular weight excluding hydrogens is 537 g/mol. The van der Waals surface area contributed by atoms with E-state index in [2.05, 4.69) is 37.6 Å². The third kappa shape index (κ3) is 4.79. The number of nitrogens with zero attached hydrogens (tertiary/aromatic N) is 8. The molecule has 7 rings (SSSR count). The number of aryl methyl sites for hydroxylation is 1. The molecule has 11 heteroatoms. The van der Waals surface area contributed by atoms with E-state index < -0.39 is 0 Å². The number of hydrogen-bond donors (Lipinski definition) is 1. The number of halogens is 1. The third-order valence-electron chi connectivity index (χ3n) is 7.62. The fourth-order valence-corrected chi connectivity index (χ4v) is 6.08. The van der Waals surface area contributed by atoms with Gasteiger partial charge in [0.25, 0.3) is 0 Å². The van der Waals surface area contributed by atoms with Crippen LogP contribution in [0.25, 0.3) is 28.0 Å². The lowest BCUT2D eigenvalue weighted by molar-refractivity contribution is 0.411. The number of fused-ring (bicyclic) bond motifs is 1. The van der Waals surface area contributed by atoms with Gasteiger partial charge in [-0.15, -0.1) is 0 Å². The summed E-state index contributed by atoms with van der Waals surface area (Å²) >= 11 is 1.30. The van der Waals surface area contributed by atoms with Crippen molar-refractivity contribution in [2.45, 2.75) is 38.3 Å². The summed E-state index contributed by atoms with van der Waals surface area (Å²) in [5, 5.41) is 14.1. The lowest BCUT2D eigenvalue weighted by atomic mass is 10.1. The van der Waals surface area contributed by atoms with Crippen LogP contribution in [0.3, 0.4) is 0 Å². The van der Waals surface area contributed by atoms with Gasteiger partial charge in [0.2, 0.25) is 5.95 Å². The first-order valence-corrected chi connectivity index (χ1v) is 14.6. The van der Waals surface area contributed by atoms with Crippen LogP contribution in [0.5, 0.6) is 0 Å². The first kappa shape index (κ1) is 25.6. The minimum atomic E-state index is -0.329. The van der Waals surface area contributed by atoms with Crippen LogP contribution >= 0.6 is 11.3 Å². The van der Waals surface area contributed by atoms with Crippen LogP contribution in [0.4, 0.5) is 21.3 Å². The number of anilines is 3. The summed E-state index contributed by atoms with van der Waals surface area (Å²) in [5.74, 6) is 1.30. The zero-order valence-corrected chi connectivity index (χ0v) is 23.6. The lowest BCUT2D eigenvalue weighted by Crippen LogP contribution is -2.59.